The Labute approximate surface area is 123 Å². The van der Waals surface area contributed by atoms with Gasteiger partial charge in [0.1, 0.15) is 0 Å². The number of fused-ring (bicyclic) bond motifs is 1. The third-order valence-corrected chi connectivity index (χ3v) is 4.87. The van der Waals surface area contributed by atoms with Gasteiger partial charge in [0.15, 0.2) is 0 Å². The van der Waals surface area contributed by atoms with Gasteiger partial charge in [0.05, 0.1) is 18.2 Å². The second-order valence-corrected chi connectivity index (χ2v) is 6.45. The van der Waals surface area contributed by atoms with Crippen LogP contribution in [0.1, 0.15) is 25.7 Å². The first-order chi connectivity index (χ1) is 9.74. The number of amides is 1. The zero-order chi connectivity index (χ0) is 13.9. The molecule has 2 aliphatic heterocycles. The highest BCUT2D eigenvalue weighted by Gasteiger charge is 2.26. The van der Waals surface area contributed by atoms with Gasteiger partial charge in [0.25, 0.3) is 0 Å². The van der Waals surface area contributed by atoms with Crippen LogP contribution in [0.15, 0.2) is 23.1 Å². The van der Waals surface area contributed by atoms with Gasteiger partial charge in [0.2, 0.25) is 5.91 Å². The van der Waals surface area contributed by atoms with Crippen molar-refractivity contribution in [2.24, 2.45) is 0 Å². The maximum Gasteiger partial charge on any atom is 0.229 e. The Bertz CT molecular complexity index is 501. The first-order valence-corrected chi connectivity index (χ1v) is 8.17. The maximum atomic E-state index is 12.5. The van der Waals surface area contributed by atoms with Crippen molar-refractivity contribution in [3.8, 4) is 0 Å². The molecule has 1 saturated heterocycles. The van der Waals surface area contributed by atoms with E-state index >= 15 is 0 Å². The Balaban J connectivity index is 1.74. The Morgan fingerprint density at radius 1 is 1.45 bits per heavy atom. The molecular weight excluding hydrogens is 272 g/mol. The third kappa shape index (κ3) is 2.94. The van der Waals surface area contributed by atoms with Gasteiger partial charge >= 0.3 is 0 Å². The fourth-order valence-corrected chi connectivity index (χ4v) is 3.74. The minimum absolute atomic E-state index is 0.0929. The summed E-state index contributed by atoms with van der Waals surface area (Å²) in [5, 5.41) is 0. The van der Waals surface area contributed by atoms with Crippen LogP contribution in [0.25, 0.3) is 0 Å². The number of ether oxygens (including phenoxy) is 1. The van der Waals surface area contributed by atoms with E-state index in [0.29, 0.717) is 12.1 Å². The van der Waals surface area contributed by atoms with Crippen molar-refractivity contribution >= 4 is 29.0 Å². The molecule has 0 aliphatic carbocycles. The lowest BCUT2D eigenvalue weighted by Crippen LogP contribution is -2.38. The summed E-state index contributed by atoms with van der Waals surface area (Å²) < 4.78 is 5.67. The van der Waals surface area contributed by atoms with Crippen LogP contribution in [-0.2, 0) is 9.53 Å². The first-order valence-electron chi connectivity index (χ1n) is 7.18. The van der Waals surface area contributed by atoms with Crippen molar-refractivity contribution < 1.29 is 9.53 Å². The fourth-order valence-electron chi connectivity index (χ4n) is 2.77. The molecule has 2 N–H and O–H groups in total. The SMILES string of the molecule is Nc1ccc2c(c1)N(C(=O)CC1CCCCO1)CCS2. The van der Waals surface area contributed by atoms with Crippen LogP contribution in [0.5, 0.6) is 0 Å². The number of rotatable bonds is 2. The minimum Gasteiger partial charge on any atom is -0.399 e. The highest BCUT2D eigenvalue weighted by Crippen LogP contribution is 2.36. The number of hydrogen-bond acceptors (Lipinski definition) is 4. The van der Waals surface area contributed by atoms with Crippen molar-refractivity contribution in [3.63, 3.8) is 0 Å². The monoisotopic (exact) mass is 292 g/mol. The van der Waals surface area contributed by atoms with Crippen molar-refractivity contribution in [3.05, 3.63) is 18.2 Å². The zero-order valence-electron chi connectivity index (χ0n) is 11.5. The number of nitrogen functional groups attached to an aromatic ring is 1. The molecule has 0 radical (unpaired) electrons. The second kappa shape index (κ2) is 6.06. The molecule has 1 aromatic carbocycles. The molecule has 0 bridgehead atoms. The lowest BCUT2D eigenvalue weighted by Gasteiger charge is -2.31. The number of nitrogens with two attached hydrogens (primary N) is 1. The molecule has 4 nitrogen and oxygen atoms in total. The topological polar surface area (TPSA) is 55.6 Å². The minimum atomic E-state index is 0.0929. The van der Waals surface area contributed by atoms with Crippen LogP contribution in [0.3, 0.4) is 0 Å². The summed E-state index contributed by atoms with van der Waals surface area (Å²) >= 11 is 1.78. The highest BCUT2D eigenvalue weighted by atomic mass is 32.2. The summed E-state index contributed by atoms with van der Waals surface area (Å²) in [6.07, 6.45) is 3.86. The number of anilines is 2. The Morgan fingerprint density at radius 2 is 2.35 bits per heavy atom. The molecule has 2 aliphatic rings. The smallest absolute Gasteiger partial charge is 0.229 e. The van der Waals surface area contributed by atoms with Crippen LogP contribution >= 0.6 is 11.8 Å². The van der Waals surface area contributed by atoms with Crippen molar-refractivity contribution in [2.45, 2.75) is 36.7 Å². The summed E-state index contributed by atoms with van der Waals surface area (Å²) in [6, 6.07) is 5.80. The molecule has 20 heavy (non-hydrogen) atoms. The number of carbonyl (C=O) groups is 1. The van der Waals surface area contributed by atoms with Crippen LogP contribution in [-0.4, -0.2) is 30.9 Å². The van der Waals surface area contributed by atoms with Crippen molar-refractivity contribution in [2.75, 3.05) is 29.5 Å². The quantitative estimate of drug-likeness (QED) is 0.851. The normalized spacial score (nSPS) is 22.4. The van der Waals surface area contributed by atoms with Gasteiger partial charge in [-0.05, 0) is 37.5 Å². The molecule has 1 amide bonds. The largest absolute Gasteiger partial charge is 0.399 e. The number of thioether (sulfide) groups is 1. The first kappa shape index (κ1) is 13.8. The van der Waals surface area contributed by atoms with E-state index in [1.165, 1.54) is 0 Å². The summed E-state index contributed by atoms with van der Waals surface area (Å²) in [6.45, 7) is 1.55. The fraction of sp³-hybridized carbons (Fsp3) is 0.533. The molecule has 1 aromatic rings. The molecule has 0 saturated carbocycles. The standard InChI is InChI=1S/C15H20N2O2S/c16-11-4-5-14-13(9-11)17(6-8-20-14)15(18)10-12-3-1-2-7-19-12/h4-5,9,12H,1-3,6-8,10,16H2. The lowest BCUT2D eigenvalue weighted by atomic mass is 10.1. The van der Waals surface area contributed by atoms with Gasteiger partial charge < -0.3 is 15.4 Å². The second-order valence-electron chi connectivity index (χ2n) is 5.31. The number of nitrogens with zero attached hydrogens (tertiary/aromatic N) is 1. The predicted octanol–water partition coefficient (Wildman–Crippen LogP) is 2.67. The molecule has 108 valence electrons. The molecule has 3 rings (SSSR count). The van der Waals surface area contributed by atoms with Gasteiger partial charge in [-0.2, -0.15) is 0 Å². The molecular formula is C15H20N2O2S. The number of hydrogen-bond donors (Lipinski definition) is 1. The summed E-state index contributed by atoms with van der Waals surface area (Å²) in [4.78, 5) is 15.6. The van der Waals surface area contributed by atoms with E-state index in [0.717, 1.165) is 48.7 Å². The van der Waals surface area contributed by atoms with E-state index in [4.69, 9.17) is 10.5 Å². The summed E-state index contributed by atoms with van der Waals surface area (Å²) in [5.74, 6) is 1.10. The van der Waals surface area contributed by atoms with Gasteiger partial charge in [0, 0.05) is 29.5 Å². The molecule has 1 fully saturated rings. The van der Waals surface area contributed by atoms with Gasteiger partial charge in [-0.1, -0.05) is 0 Å². The molecule has 5 heteroatoms. The zero-order valence-corrected chi connectivity index (χ0v) is 12.3. The Hall–Kier alpha value is -1.20. The molecule has 0 spiro atoms. The van der Waals surface area contributed by atoms with E-state index in [2.05, 4.69) is 0 Å². The van der Waals surface area contributed by atoms with Gasteiger partial charge in [-0.25, -0.2) is 0 Å². The van der Waals surface area contributed by atoms with Crippen molar-refractivity contribution in [1.29, 1.82) is 0 Å². The average Bonchev–Trinajstić information content (AvgIpc) is 2.47. The van der Waals surface area contributed by atoms with Crippen LogP contribution in [0.4, 0.5) is 11.4 Å². The van der Waals surface area contributed by atoms with Crippen LogP contribution in [0, 0.1) is 0 Å². The van der Waals surface area contributed by atoms with Crippen molar-refractivity contribution in [1.82, 2.24) is 0 Å². The lowest BCUT2D eigenvalue weighted by molar-refractivity contribution is -0.122. The third-order valence-electron chi connectivity index (χ3n) is 3.82. The highest BCUT2D eigenvalue weighted by molar-refractivity contribution is 7.99. The van der Waals surface area contributed by atoms with Crippen LogP contribution in [0.2, 0.25) is 0 Å². The Morgan fingerprint density at radius 3 is 3.15 bits per heavy atom. The number of benzene rings is 1. The van der Waals surface area contributed by atoms with E-state index < -0.39 is 0 Å². The van der Waals surface area contributed by atoms with E-state index in [1.54, 1.807) is 11.8 Å². The van der Waals surface area contributed by atoms with E-state index in [-0.39, 0.29) is 12.0 Å². The summed E-state index contributed by atoms with van der Waals surface area (Å²) in [7, 11) is 0. The van der Waals surface area contributed by atoms with Crippen LogP contribution < -0.4 is 10.6 Å². The average molecular weight is 292 g/mol. The van der Waals surface area contributed by atoms with Gasteiger partial charge in [-0.15, -0.1) is 11.8 Å². The maximum absolute atomic E-state index is 12.5. The Kier molecular flexibility index (Phi) is 4.17. The predicted molar refractivity (Wildman–Crippen MR) is 82.1 cm³/mol. The van der Waals surface area contributed by atoms with E-state index in [9.17, 15) is 4.79 Å². The number of carbonyl (C=O) groups excluding carboxylic acids is 1. The van der Waals surface area contributed by atoms with Gasteiger partial charge in [-0.3, -0.25) is 4.79 Å². The van der Waals surface area contributed by atoms with E-state index in [1.807, 2.05) is 23.1 Å². The molecule has 1 unspecified atom stereocenters. The molecule has 0 aromatic heterocycles. The molecule has 2 heterocycles. The summed E-state index contributed by atoms with van der Waals surface area (Å²) in [5.41, 5.74) is 7.52. The molecule has 1 atom stereocenters.